The number of oxime groups is 1. The lowest BCUT2D eigenvalue weighted by molar-refractivity contribution is -0.275. The molecule has 1 aromatic heterocycles. The van der Waals surface area contributed by atoms with Gasteiger partial charge in [0.1, 0.15) is 5.82 Å². The number of aryl methyl sites for hydroxylation is 3. The van der Waals surface area contributed by atoms with Crippen molar-refractivity contribution in [2.75, 3.05) is 5.32 Å². The molecule has 1 N–H and O–H groups in total. The molecule has 0 aliphatic carbocycles. The first-order valence-corrected chi connectivity index (χ1v) is 11.4. The molecule has 0 spiro atoms. The Morgan fingerprint density at radius 2 is 1.89 bits per heavy atom. The molecule has 0 radical (unpaired) electrons. The monoisotopic (exact) mass is 543 g/mol. The normalized spacial score (nSPS) is 17.6. The third kappa shape index (κ3) is 4.53. The number of halogens is 6. The summed E-state index contributed by atoms with van der Waals surface area (Å²) in [5, 5.41) is 9.28. The molecular weight excluding hydrogens is 525 g/mol. The highest BCUT2D eigenvalue weighted by Crippen LogP contribution is 2.50. The molecule has 2 heterocycles. The number of benzene rings is 2. The van der Waals surface area contributed by atoms with Gasteiger partial charge in [-0.15, -0.1) is 5.10 Å². The van der Waals surface area contributed by atoms with Crippen LogP contribution in [0, 0.1) is 12.7 Å². The molecule has 7 nitrogen and oxygen atoms in total. The molecule has 0 saturated heterocycles. The lowest BCUT2D eigenvalue weighted by Crippen LogP contribution is -2.42. The van der Waals surface area contributed by atoms with Gasteiger partial charge >= 0.3 is 6.18 Å². The maximum Gasteiger partial charge on any atom is 0.435 e. The van der Waals surface area contributed by atoms with E-state index in [9.17, 15) is 22.4 Å². The minimum absolute atomic E-state index is 0.0158. The van der Waals surface area contributed by atoms with E-state index in [1.165, 1.54) is 18.2 Å². The van der Waals surface area contributed by atoms with Gasteiger partial charge in [-0.05, 0) is 42.3 Å². The average molecular weight is 544 g/mol. The van der Waals surface area contributed by atoms with Crippen LogP contribution >= 0.6 is 23.2 Å². The Kier molecular flexibility index (Phi) is 6.74. The van der Waals surface area contributed by atoms with Crippen molar-refractivity contribution in [1.82, 2.24) is 14.8 Å². The summed E-state index contributed by atoms with van der Waals surface area (Å²) in [5.41, 5.74) is -2.32. The van der Waals surface area contributed by atoms with Crippen LogP contribution < -0.4 is 5.32 Å². The summed E-state index contributed by atoms with van der Waals surface area (Å²) >= 11 is 11.5. The Hall–Kier alpha value is -3.18. The van der Waals surface area contributed by atoms with Gasteiger partial charge in [-0.1, -0.05) is 41.3 Å². The van der Waals surface area contributed by atoms with Gasteiger partial charge in [0.15, 0.2) is 5.82 Å². The number of aromatic nitrogens is 3. The Bertz CT molecular complexity index is 1370. The maximum absolute atomic E-state index is 14.2. The van der Waals surface area contributed by atoms with Gasteiger partial charge in [0, 0.05) is 31.0 Å². The second-order valence-electron chi connectivity index (χ2n) is 8.20. The fourth-order valence-electron chi connectivity index (χ4n) is 3.89. The summed E-state index contributed by atoms with van der Waals surface area (Å²) in [7, 11) is 1.71. The second-order valence-corrected chi connectivity index (χ2v) is 9.01. The third-order valence-electron chi connectivity index (χ3n) is 5.84. The molecule has 4 rings (SSSR count). The van der Waals surface area contributed by atoms with Crippen LogP contribution in [0.5, 0.6) is 0 Å². The van der Waals surface area contributed by atoms with Crippen molar-refractivity contribution in [2.24, 2.45) is 12.2 Å². The van der Waals surface area contributed by atoms with Crippen LogP contribution in [0.1, 0.15) is 46.2 Å². The highest BCUT2D eigenvalue weighted by Gasteiger charge is 2.62. The third-order valence-corrected chi connectivity index (χ3v) is 6.39. The van der Waals surface area contributed by atoms with E-state index in [0.29, 0.717) is 23.4 Å². The van der Waals surface area contributed by atoms with Crippen molar-refractivity contribution in [1.29, 1.82) is 0 Å². The summed E-state index contributed by atoms with van der Waals surface area (Å²) in [6, 6.07) is 6.10. The molecule has 1 aliphatic rings. The number of rotatable bonds is 5. The fourth-order valence-corrected chi connectivity index (χ4v) is 4.38. The van der Waals surface area contributed by atoms with Gasteiger partial charge in [-0.2, -0.15) is 18.2 Å². The Balaban J connectivity index is 1.60. The smallest absolute Gasteiger partial charge is 0.374 e. The lowest BCUT2D eigenvalue weighted by atomic mass is 9.86. The average Bonchev–Trinajstić information content (AvgIpc) is 3.41. The van der Waals surface area contributed by atoms with Gasteiger partial charge in [0.2, 0.25) is 5.95 Å². The summed E-state index contributed by atoms with van der Waals surface area (Å²) in [4.78, 5) is 21.9. The van der Waals surface area contributed by atoms with Gasteiger partial charge in [0.05, 0.1) is 15.8 Å². The summed E-state index contributed by atoms with van der Waals surface area (Å²) in [6.07, 6.45) is -5.00. The number of hydrogen-bond donors (Lipinski definition) is 1. The van der Waals surface area contributed by atoms with E-state index in [1.807, 2.05) is 6.92 Å². The second kappa shape index (κ2) is 9.36. The highest BCUT2D eigenvalue weighted by molar-refractivity contribution is 6.35. The zero-order valence-electron chi connectivity index (χ0n) is 19.2. The molecule has 1 atom stereocenters. The Labute approximate surface area is 213 Å². The molecule has 2 aromatic carbocycles. The number of amides is 1. The largest absolute Gasteiger partial charge is 0.435 e. The molecule has 1 aliphatic heterocycles. The highest BCUT2D eigenvalue weighted by atomic mass is 35.5. The molecule has 0 saturated carbocycles. The van der Waals surface area contributed by atoms with Crippen LogP contribution in [-0.2, 0) is 23.9 Å². The predicted molar refractivity (Wildman–Crippen MR) is 126 cm³/mol. The zero-order valence-corrected chi connectivity index (χ0v) is 20.7. The van der Waals surface area contributed by atoms with Crippen molar-refractivity contribution < 1.29 is 27.2 Å². The van der Waals surface area contributed by atoms with Crippen LogP contribution in [0.2, 0.25) is 10.0 Å². The summed E-state index contributed by atoms with van der Waals surface area (Å²) in [5.74, 6) is -0.677. The first-order valence-electron chi connectivity index (χ1n) is 10.7. The van der Waals surface area contributed by atoms with E-state index in [1.54, 1.807) is 18.7 Å². The Morgan fingerprint density at radius 1 is 1.22 bits per heavy atom. The number of nitrogens with zero attached hydrogens (tertiary/aromatic N) is 4. The zero-order chi connectivity index (χ0) is 26.4. The van der Waals surface area contributed by atoms with E-state index in [2.05, 4.69) is 20.6 Å². The van der Waals surface area contributed by atoms with Crippen molar-refractivity contribution in [3.8, 4) is 0 Å². The number of hydrogen-bond acceptors (Lipinski definition) is 5. The topological polar surface area (TPSA) is 81.4 Å². The first kappa shape index (κ1) is 25.9. The lowest BCUT2D eigenvalue weighted by Gasteiger charge is -2.29. The van der Waals surface area contributed by atoms with Crippen LogP contribution in [0.3, 0.4) is 0 Å². The van der Waals surface area contributed by atoms with Crippen molar-refractivity contribution in [2.45, 2.75) is 38.5 Å². The van der Waals surface area contributed by atoms with Gasteiger partial charge in [-0.25, -0.2) is 4.39 Å². The SMILES string of the molecule is CCc1nc(NC(=O)c2ccc(C3=NOC(c4cc(Cl)c(F)c(Cl)c4)(C(F)(F)F)C3)cc2C)nn1C. The van der Waals surface area contributed by atoms with Crippen LogP contribution in [0.4, 0.5) is 23.5 Å². The number of carbonyl (C=O) groups excluding carboxylic acids is 1. The maximum atomic E-state index is 14.2. The standard InChI is InChI=1S/C23H19Cl2F4N5O2/c1-4-18-30-21(32-34(18)3)31-20(35)14-6-5-12(7-11(14)2)17-10-22(36-33-17,23(27,28)29)13-8-15(24)19(26)16(25)9-13/h5-9H,4,10H2,1-3H3,(H,31,32,35). The van der Waals surface area contributed by atoms with Crippen LogP contribution in [0.15, 0.2) is 35.5 Å². The quantitative estimate of drug-likeness (QED) is 0.317. The van der Waals surface area contributed by atoms with Gasteiger partial charge < -0.3 is 4.84 Å². The number of nitrogens with one attached hydrogen (secondary N) is 1. The molecule has 36 heavy (non-hydrogen) atoms. The number of anilines is 1. The van der Waals surface area contributed by atoms with Crippen LogP contribution in [-0.4, -0.2) is 32.6 Å². The Morgan fingerprint density at radius 3 is 2.44 bits per heavy atom. The molecule has 13 heteroatoms. The first-order chi connectivity index (χ1) is 16.9. The summed E-state index contributed by atoms with van der Waals surface area (Å²) < 4.78 is 58.0. The minimum atomic E-state index is -4.93. The fraction of sp³-hybridized carbons (Fsp3) is 0.304. The molecule has 1 amide bonds. The molecule has 1 unspecified atom stereocenters. The molecule has 0 fully saturated rings. The van der Waals surface area contributed by atoms with E-state index in [-0.39, 0.29) is 17.2 Å². The predicted octanol–water partition coefficient (Wildman–Crippen LogP) is 5.97. The van der Waals surface area contributed by atoms with E-state index in [0.717, 1.165) is 12.1 Å². The van der Waals surface area contributed by atoms with Crippen molar-refractivity contribution >= 4 is 40.8 Å². The molecule has 190 valence electrons. The number of alkyl halides is 3. The van der Waals surface area contributed by atoms with E-state index < -0.39 is 45.5 Å². The molecule has 0 bridgehead atoms. The van der Waals surface area contributed by atoms with Crippen LogP contribution in [0.25, 0.3) is 0 Å². The van der Waals surface area contributed by atoms with E-state index in [4.69, 9.17) is 28.0 Å². The van der Waals surface area contributed by atoms with E-state index >= 15 is 0 Å². The molecular formula is C23H19Cl2F4N5O2. The van der Waals surface area contributed by atoms with Gasteiger partial charge in [0.25, 0.3) is 11.5 Å². The van der Waals surface area contributed by atoms with Crippen molar-refractivity contribution in [3.05, 3.63) is 74.3 Å². The number of carbonyl (C=O) groups is 1. The summed E-state index contributed by atoms with van der Waals surface area (Å²) in [6.45, 7) is 3.54. The van der Waals surface area contributed by atoms with Crippen molar-refractivity contribution in [3.63, 3.8) is 0 Å². The minimum Gasteiger partial charge on any atom is -0.374 e. The van der Waals surface area contributed by atoms with Gasteiger partial charge in [-0.3, -0.25) is 14.8 Å². The molecule has 3 aromatic rings.